The zero-order valence-electron chi connectivity index (χ0n) is 7.52. The van der Waals surface area contributed by atoms with Crippen molar-refractivity contribution in [2.75, 3.05) is 7.11 Å². The molecule has 2 heteroatoms. The van der Waals surface area contributed by atoms with Gasteiger partial charge >= 0.3 is 5.97 Å². The molecule has 3 aliphatic carbocycles. The minimum absolute atomic E-state index is 0.0561. The van der Waals surface area contributed by atoms with E-state index in [0.29, 0.717) is 0 Å². The van der Waals surface area contributed by atoms with Crippen LogP contribution in [0.1, 0.15) is 19.3 Å². The zero-order valence-corrected chi connectivity index (χ0v) is 7.52. The molecular weight excluding hydrogens is 164 g/mol. The van der Waals surface area contributed by atoms with Crippen LogP contribution >= 0.6 is 0 Å². The second-order valence-corrected chi connectivity index (χ2v) is 3.98. The second kappa shape index (κ2) is 2.30. The summed E-state index contributed by atoms with van der Waals surface area (Å²) in [6.07, 6.45) is 8.23. The lowest BCUT2D eigenvalue weighted by atomic mass is 9.36. The third-order valence-corrected chi connectivity index (χ3v) is 2.95. The fourth-order valence-electron chi connectivity index (χ4n) is 2.31. The van der Waals surface area contributed by atoms with Gasteiger partial charge in [0.05, 0.1) is 7.11 Å². The third kappa shape index (κ3) is 1.03. The van der Waals surface area contributed by atoms with Gasteiger partial charge in [0.1, 0.15) is 0 Å². The van der Waals surface area contributed by atoms with Gasteiger partial charge < -0.3 is 4.74 Å². The lowest BCUT2D eigenvalue weighted by Crippen LogP contribution is -2.60. The van der Waals surface area contributed by atoms with Crippen LogP contribution in [0.5, 0.6) is 0 Å². The molecule has 0 aliphatic heterocycles. The molecule has 3 rings (SSSR count). The van der Waals surface area contributed by atoms with E-state index in [-0.39, 0.29) is 10.8 Å². The van der Waals surface area contributed by atoms with Gasteiger partial charge in [-0.3, -0.25) is 0 Å². The molecule has 0 saturated heterocycles. The molecule has 0 aromatic heterocycles. The summed E-state index contributed by atoms with van der Waals surface area (Å²) in [5.41, 5.74) is 0.186. The average Bonchev–Trinajstić information content (AvgIpc) is 2.00. The molecule has 0 N–H and O–H groups in total. The summed E-state index contributed by atoms with van der Waals surface area (Å²) in [5.74, 6) is 7.75. The van der Waals surface area contributed by atoms with Crippen LogP contribution in [-0.4, -0.2) is 13.1 Å². The van der Waals surface area contributed by atoms with Crippen LogP contribution in [0.4, 0.5) is 0 Å². The van der Waals surface area contributed by atoms with Gasteiger partial charge in [-0.25, -0.2) is 4.79 Å². The summed E-state index contributed by atoms with van der Waals surface area (Å²) in [4.78, 5) is 10.7. The number of hydrogen-bond donors (Lipinski definition) is 0. The smallest absolute Gasteiger partial charge is 0.384 e. The van der Waals surface area contributed by atoms with Crippen molar-refractivity contribution in [1.82, 2.24) is 0 Å². The lowest BCUT2D eigenvalue weighted by molar-refractivity contribution is -0.134. The van der Waals surface area contributed by atoms with E-state index < -0.39 is 5.97 Å². The van der Waals surface area contributed by atoms with Crippen molar-refractivity contribution in [3.8, 4) is 24.2 Å². The van der Waals surface area contributed by atoms with Gasteiger partial charge in [-0.15, -0.1) is 6.42 Å². The maximum atomic E-state index is 10.7. The zero-order chi connectivity index (χ0) is 9.53. The van der Waals surface area contributed by atoms with Crippen LogP contribution in [0.3, 0.4) is 0 Å². The van der Waals surface area contributed by atoms with Gasteiger partial charge in [0.15, 0.2) is 0 Å². The Kier molecular flexibility index (Phi) is 1.45. The minimum Gasteiger partial charge on any atom is -0.459 e. The minimum atomic E-state index is -0.459. The molecule has 0 heterocycles. The van der Waals surface area contributed by atoms with Crippen LogP contribution < -0.4 is 0 Å². The van der Waals surface area contributed by atoms with E-state index in [2.05, 4.69) is 22.5 Å². The Hall–Kier alpha value is -1.41. The summed E-state index contributed by atoms with van der Waals surface area (Å²) < 4.78 is 4.43. The van der Waals surface area contributed by atoms with Crippen molar-refractivity contribution in [1.29, 1.82) is 0 Å². The quantitative estimate of drug-likeness (QED) is 0.311. The molecule has 0 aromatic rings. The Morgan fingerprint density at radius 1 is 1.38 bits per heavy atom. The van der Waals surface area contributed by atoms with Gasteiger partial charge in [-0.1, -0.05) is 11.8 Å². The highest BCUT2D eigenvalue weighted by Crippen LogP contribution is 2.72. The van der Waals surface area contributed by atoms with E-state index in [0.717, 1.165) is 19.3 Å². The van der Waals surface area contributed by atoms with Crippen molar-refractivity contribution < 1.29 is 9.53 Å². The fraction of sp³-hybridized carbons (Fsp3) is 0.545. The Balaban J connectivity index is 1.97. The number of terminal acetylenes is 1. The number of ether oxygens (including phenoxy) is 1. The van der Waals surface area contributed by atoms with E-state index in [1.165, 1.54) is 7.11 Å². The molecule has 0 aromatic carbocycles. The fourth-order valence-corrected chi connectivity index (χ4v) is 2.31. The number of hydrogen-bond acceptors (Lipinski definition) is 2. The third-order valence-electron chi connectivity index (χ3n) is 2.95. The normalized spacial score (nSPS) is 38.5. The molecule has 3 saturated carbocycles. The Morgan fingerprint density at radius 3 is 2.46 bits per heavy atom. The van der Waals surface area contributed by atoms with Gasteiger partial charge in [-0.2, -0.15) is 0 Å². The first-order valence-electron chi connectivity index (χ1n) is 4.23. The molecule has 13 heavy (non-hydrogen) atoms. The number of carbonyl (C=O) groups excluding carboxylic acids is 1. The highest BCUT2D eigenvalue weighted by atomic mass is 16.5. The molecule has 0 unspecified atom stereocenters. The topological polar surface area (TPSA) is 26.3 Å². The number of methoxy groups -OCH3 is 1. The summed E-state index contributed by atoms with van der Waals surface area (Å²) in [7, 11) is 1.34. The monoisotopic (exact) mass is 174 g/mol. The van der Waals surface area contributed by atoms with Gasteiger partial charge in [0.25, 0.3) is 0 Å². The summed E-state index contributed by atoms with van der Waals surface area (Å²) >= 11 is 0. The first-order chi connectivity index (χ1) is 6.14. The molecular formula is C11H10O2. The molecule has 0 atom stereocenters. The van der Waals surface area contributed by atoms with E-state index in [9.17, 15) is 4.79 Å². The average molecular weight is 174 g/mol. The molecule has 0 spiro atoms. The lowest BCUT2D eigenvalue weighted by Gasteiger charge is -2.65. The van der Waals surface area contributed by atoms with Gasteiger partial charge in [0, 0.05) is 16.8 Å². The first-order valence-corrected chi connectivity index (χ1v) is 4.23. The molecule has 3 aliphatic rings. The molecule has 2 bridgehead atoms. The van der Waals surface area contributed by atoms with Crippen molar-refractivity contribution >= 4 is 5.97 Å². The van der Waals surface area contributed by atoms with E-state index in [1.807, 2.05) is 0 Å². The van der Waals surface area contributed by atoms with Crippen LogP contribution in [-0.2, 0) is 9.53 Å². The molecule has 66 valence electrons. The number of esters is 1. The van der Waals surface area contributed by atoms with Gasteiger partial charge in [0.2, 0.25) is 0 Å². The Morgan fingerprint density at radius 2 is 2.00 bits per heavy atom. The molecule has 0 amide bonds. The predicted molar refractivity (Wildman–Crippen MR) is 47.3 cm³/mol. The summed E-state index contributed by atoms with van der Waals surface area (Å²) in [5, 5.41) is 0. The standard InChI is InChI=1S/C11H10O2/c1-3-10-6-11(7-10,8-10)5-4-9(12)13-2/h1H,6-8H2,2H3. The predicted octanol–water partition coefficient (Wildman–Crippen LogP) is 0.966. The van der Waals surface area contributed by atoms with Crippen molar-refractivity contribution in [3.63, 3.8) is 0 Å². The van der Waals surface area contributed by atoms with Crippen LogP contribution in [0.15, 0.2) is 0 Å². The Bertz CT molecular complexity index is 342. The Labute approximate surface area is 77.7 Å². The molecule has 2 nitrogen and oxygen atoms in total. The summed E-state index contributed by atoms with van der Waals surface area (Å²) in [6.45, 7) is 0. The van der Waals surface area contributed by atoms with Crippen molar-refractivity contribution in [3.05, 3.63) is 0 Å². The maximum Gasteiger partial charge on any atom is 0.384 e. The van der Waals surface area contributed by atoms with Crippen molar-refractivity contribution in [2.24, 2.45) is 10.8 Å². The molecule has 3 fully saturated rings. The summed E-state index contributed by atoms with van der Waals surface area (Å²) in [6, 6.07) is 0. The first kappa shape index (κ1) is 8.20. The molecule has 0 radical (unpaired) electrons. The van der Waals surface area contributed by atoms with Crippen LogP contribution in [0.2, 0.25) is 0 Å². The van der Waals surface area contributed by atoms with E-state index in [1.54, 1.807) is 0 Å². The number of rotatable bonds is 0. The maximum absolute atomic E-state index is 10.7. The van der Waals surface area contributed by atoms with E-state index >= 15 is 0 Å². The second-order valence-electron chi connectivity index (χ2n) is 3.98. The largest absolute Gasteiger partial charge is 0.459 e. The van der Waals surface area contributed by atoms with Crippen LogP contribution in [0.25, 0.3) is 0 Å². The number of carbonyl (C=O) groups is 1. The highest BCUT2D eigenvalue weighted by Gasteiger charge is 2.66. The highest BCUT2D eigenvalue weighted by molar-refractivity contribution is 5.88. The van der Waals surface area contributed by atoms with Crippen molar-refractivity contribution in [2.45, 2.75) is 19.3 Å². The van der Waals surface area contributed by atoms with Crippen LogP contribution in [0, 0.1) is 35.0 Å². The SMILES string of the molecule is C#CC12CC(C#CC(=O)OC)(C1)C2. The van der Waals surface area contributed by atoms with Gasteiger partial charge in [-0.05, 0) is 19.3 Å². The van der Waals surface area contributed by atoms with E-state index in [4.69, 9.17) is 6.42 Å².